The van der Waals surface area contributed by atoms with E-state index in [2.05, 4.69) is 5.48 Å². The number of anilines is 1. The zero-order valence-corrected chi connectivity index (χ0v) is 19.1. The molecule has 5 N–H and O–H groups in total. The lowest BCUT2D eigenvalue weighted by molar-refractivity contribution is -0.312. The molecule has 0 aromatic heterocycles. The zero-order valence-electron chi connectivity index (χ0n) is 19.1. The van der Waals surface area contributed by atoms with Gasteiger partial charge in [-0.3, -0.25) is 9.59 Å². The number of nitrogens with zero attached hydrogens (tertiary/aromatic N) is 1. The van der Waals surface area contributed by atoms with E-state index in [4.69, 9.17) is 14.7 Å². The summed E-state index contributed by atoms with van der Waals surface area (Å²) in [5.74, 6) is -1.14. The lowest BCUT2D eigenvalue weighted by Crippen LogP contribution is -2.60. The number of hydrogen-bond acceptors (Lipinski definition) is 9. The van der Waals surface area contributed by atoms with E-state index < -0.39 is 49.1 Å². The molecule has 10 heteroatoms. The number of hydrogen-bond donors (Lipinski definition) is 5. The van der Waals surface area contributed by atoms with Crippen LogP contribution in [0.1, 0.15) is 24.2 Å². The maximum Gasteiger partial charge on any atom is 0.267 e. The van der Waals surface area contributed by atoms with Gasteiger partial charge in [0.05, 0.1) is 6.61 Å². The van der Waals surface area contributed by atoms with E-state index in [0.717, 1.165) is 5.69 Å². The number of rotatable bonds is 9. The SMILES string of the molecule is CC(C=CC(=O)NO[C@H]1O[C@@H](CO)[C@H](O)[C@H](O)[C@@H]1O)=C[C@@H](C)C(=O)c1ccc(N(C)C)cc1. The molecule has 1 aromatic rings. The lowest BCUT2D eigenvalue weighted by Gasteiger charge is -2.38. The van der Waals surface area contributed by atoms with E-state index in [0.29, 0.717) is 11.1 Å². The predicted octanol–water partition coefficient (Wildman–Crippen LogP) is -0.0784. The van der Waals surface area contributed by atoms with Gasteiger partial charge in [0, 0.05) is 37.3 Å². The molecule has 33 heavy (non-hydrogen) atoms. The highest BCUT2D eigenvalue weighted by Crippen LogP contribution is 2.21. The van der Waals surface area contributed by atoms with E-state index in [-0.39, 0.29) is 5.78 Å². The van der Waals surface area contributed by atoms with Crippen molar-refractivity contribution in [2.75, 3.05) is 25.6 Å². The molecule has 2 rings (SSSR count). The van der Waals surface area contributed by atoms with Crippen LogP contribution < -0.4 is 10.4 Å². The van der Waals surface area contributed by atoms with Crippen molar-refractivity contribution in [2.45, 2.75) is 44.6 Å². The third-order valence-corrected chi connectivity index (χ3v) is 5.22. The van der Waals surface area contributed by atoms with Gasteiger partial charge < -0.3 is 30.1 Å². The molecule has 0 bridgehead atoms. The van der Waals surface area contributed by atoms with Crippen molar-refractivity contribution in [3.63, 3.8) is 0 Å². The van der Waals surface area contributed by atoms with Crippen molar-refractivity contribution in [3.8, 4) is 0 Å². The topological polar surface area (TPSA) is 149 Å². The molecule has 1 saturated heterocycles. The number of nitrogens with one attached hydrogen (secondary N) is 1. The number of ether oxygens (including phenoxy) is 1. The maximum atomic E-state index is 12.6. The van der Waals surface area contributed by atoms with Crippen LogP contribution in [0.2, 0.25) is 0 Å². The Morgan fingerprint density at radius 2 is 1.76 bits per heavy atom. The third kappa shape index (κ3) is 7.19. The largest absolute Gasteiger partial charge is 0.394 e. The summed E-state index contributed by atoms with van der Waals surface area (Å²) in [6.45, 7) is 2.89. The Hall–Kier alpha value is -2.60. The van der Waals surface area contributed by atoms with Crippen LogP contribution in [0.3, 0.4) is 0 Å². The van der Waals surface area contributed by atoms with Gasteiger partial charge in [0.1, 0.15) is 24.4 Å². The van der Waals surface area contributed by atoms with E-state index in [1.54, 1.807) is 32.1 Å². The number of benzene rings is 1. The number of Topliss-reactive ketones (excluding diaryl/α,β-unsaturated/α-hetero) is 1. The molecule has 0 radical (unpaired) electrons. The molecule has 1 aliphatic heterocycles. The Kier molecular flexibility index (Phi) is 9.71. The van der Waals surface area contributed by atoms with Crippen molar-refractivity contribution >= 4 is 17.4 Å². The summed E-state index contributed by atoms with van der Waals surface area (Å²) >= 11 is 0. The standard InChI is InChI=1S/C23H32N2O8/c1-13(11-14(2)19(28)15-6-8-16(9-7-15)25(3)4)5-10-18(27)24-33-23-22(31)21(30)20(29)17(12-26)32-23/h5-11,14,17,20-23,26,29-31H,12H2,1-4H3,(H,24,27)/t14-,17+,20+,21+,22+,23-/m1/s1. The van der Waals surface area contributed by atoms with Crippen molar-refractivity contribution < 1.29 is 39.6 Å². The van der Waals surface area contributed by atoms with Crippen LogP contribution in [0.15, 0.2) is 48.1 Å². The van der Waals surface area contributed by atoms with E-state index >= 15 is 0 Å². The lowest BCUT2D eigenvalue weighted by atomic mass is 9.97. The molecule has 0 unspecified atom stereocenters. The average Bonchev–Trinajstić information content (AvgIpc) is 2.80. The molecule has 1 aromatic carbocycles. The normalized spacial score (nSPS) is 26.8. The minimum absolute atomic E-state index is 0.0524. The number of carbonyl (C=O) groups is 2. The van der Waals surface area contributed by atoms with Crippen molar-refractivity contribution in [1.82, 2.24) is 5.48 Å². The van der Waals surface area contributed by atoms with Crippen LogP contribution >= 0.6 is 0 Å². The summed E-state index contributed by atoms with van der Waals surface area (Å²) in [5.41, 5.74) is 4.30. The Morgan fingerprint density at radius 1 is 1.12 bits per heavy atom. The highest BCUT2D eigenvalue weighted by molar-refractivity contribution is 5.99. The number of amides is 1. The summed E-state index contributed by atoms with van der Waals surface area (Å²) in [6, 6.07) is 7.29. The average molecular weight is 465 g/mol. The molecule has 0 saturated carbocycles. The monoisotopic (exact) mass is 464 g/mol. The van der Waals surface area contributed by atoms with E-state index in [9.17, 15) is 24.9 Å². The second-order valence-corrected chi connectivity index (χ2v) is 8.12. The van der Waals surface area contributed by atoms with Crippen molar-refractivity contribution in [2.24, 2.45) is 5.92 Å². The maximum absolute atomic E-state index is 12.6. The number of aliphatic hydroxyl groups is 4. The van der Waals surface area contributed by atoms with Gasteiger partial charge in [-0.25, -0.2) is 10.3 Å². The molecule has 182 valence electrons. The van der Waals surface area contributed by atoms with Gasteiger partial charge in [0.15, 0.2) is 5.78 Å². The molecule has 1 aliphatic rings. The molecular formula is C23H32N2O8. The zero-order chi connectivity index (χ0) is 24.7. The fourth-order valence-corrected chi connectivity index (χ4v) is 3.23. The molecule has 6 atom stereocenters. The van der Waals surface area contributed by atoms with Crippen LogP contribution in [0.25, 0.3) is 0 Å². The Labute approximate surface area is 192 Å². The minimum Gasteiger partial charge on any atom is -0.394 e. The summed E-state index contributed by atoms with van der Waals surface area (Å²) < 4.78 is 5.13. The van der Waals surface area contributed by atoms with Crippen molar-refractivity contribution in [3.05, 3.63) is 53.6 Å². The first-order valence-electron chi connectivity index (χ1n) is 10.5. The predicted molar refractivity (Wildman–Crippen MR) is 120 cm³/mol. The van der Waals surface area contributed by atoms with Gasteiger partial charge in [-0.05, 0) is 31.2 Å². The van der Waals surface area contributed by atoms with E-state index in [1.165, 1.54) is 12.2 Å². The first-order valence-corrected chi connectivity index (χ1v) is 10.5. The van der Waals surface area contributed by atoms with Gasteiger partial charge >= 0.3 is 0 Å². The fourth-order valence-electron chi connectivity index (χ4n) is 3.23. The Bertz CT molecular complexity index is 866. The highest BCUT2D eigenvalue weighted by Gasteiger charge is 2.44. The summed E-state index contributed by atoms with van der Waals surface area (Å²) in [4.78, 5) is 31.5. The molecule has 1 heterocycles. The van der Waals surface area contributed by atoms with Crippen LogP contribution in [0, 0.1) is 5.92 Å². The van der Waals surface area contributed by atoms with Gasteiger partial charge in [0.2, 0.25) is 6.29 Å². The van der Waals surface area contributed by atoms with Gasteiger partial charge in [-0.1, -0.05) is 24.6 Å². The second kappa shape index (κ2) is 12.0. The first-order chi connectivity index (χ1) is 15.5. The molecular weight excluding hydrogens is 432 g/mol. The van der Waals surface area contributed by atoms with Crippen LogP contribution in [0.4, 0.5) is 5.69 Å². The number of aliphatic hydroxyl groups excluding tert-OH is 4. The number of ketones is 1. The number of carbonyl (C=O) groups excluding carboxylic acids is 2. The summed E-state index contributed by atoms with van der Waals surface area (Å²) in [6.07, 6.45) is -3.02. The highest BCUT2D eigenvalue weighted by atomic mass is 16.8. The molecule has 0 aliphatic carbocycles. The molecule has 10 nitrogen and oxygen atoms in total. The quantitative estimate of drug-likeness (QED) is 0.146. The van der Waals surface area contributed by atoms with E-state index in [1.807, 2.05) is 31.1 Å². The van der Waals surface area contributed by atoms with Crippen molar-refractivity contribution in [1.29, 1.82) is 0 Å². The summed E-state index contributed by atoms with van der Waals surface area (Å²) in [7, 11) is 3.84. The number of hydroxylamine groups is 1. The minimum atomic E-state index is -1.63. The summed E-state index contributed by atoms with van der Waals surface area (Å²) in [5, 5.41) is 38.5. The smallest absolute Gasteiger partial charge is 0.267 e. The third-order valence-electron chi connectivity index (χ3n) is 5.22. The van der Waals surface area contributed by atoms with Gasteiger partial charge in [-0.2, -0.15) is 0 Å². The van der Waals surface area contributed by atoms with Crippen LogP contribution in [-0.4, -0.2) is 83.5 Å². The second-order valence-electron chi connectivity index (χ2n) is 8.12. The fraction of sp³-hybridized carbons (Fsp3) is 0.478. The Morgan fingerprint density at radius 3 is 2.33 bits per heavy atom. The van der Waals surface area contributed by atoms with Gasteiger partial charge in [-0.15, -0.1) is 0 Å². The van der Waals surface area contributed by atoms with Crippen LogP contribution in [-0.2, 0) is 14.4 Å². The first kappa shape index (κ1) is 26.7. The van der Waals surface area contributed by atoms with Crippen LogP contribution in [0.5, 0.6) is 0 Å². The molecule has 0 spiro atoms. The Balaban J connectivity index is 1.89. The van der Waals surface area contributed by atoms with Gasteiger partial charge in [0.25, 0.3) is 5.91 Å². The molecule has 1 amide bonds. The molecule has 1 fully saturated rings. The number of allylic oxidation sites excluding steroid dienone is 3.